The van der Waals surface area contributed by atoms with E-state index in [1.165, 1.54) is 0 Å². The number of aromatic nitrogens is 2. The van der Waals surface area contributed by atoms with Crippen LogP contribution in [0.2, 0.25) is 5.28 Å². The molecule has 1 unspecified atom stereocenters. The minimum Gasteiger partial charge on any atom is -0.392 e. The molecule has 2 N–H and O–H groups in total. The van der Waals surface area contributed by atoms with Crippen molar-refractivity contribution in [1.82, 2.24) is 20.2 Å². The number of nitrogens with zero attached hydrogens (tertiary/aromatic N) is 3. The van der Waals surface area contributed by atoms with E-state index < -0.39 is 6.10 Å². The van der Waals surface area contributed by atoms with Crippen LogP contribution in [-0.4, -0.2) is 52.1 Å². The molecule has 0 saturated heterocycles. The highest BCUT2D eigenvalue weighted by Gasteiger charge is 2.15. The zero-order chi connectivity index (χ0) is 17.5. The Labute approximate surface area is 146 Å². The molecular formula is C17H21ClN4O2. The fourth-order valence-electron chi connectivity index (χ4n) is 2.38. The number of likely N-dealkylation sites (N-methyl/N-ethyl adjacent to an activating group) is 1. The fraction of sp³-hybridized carbons (Fsp3) is 0.353. The standard InChI is InChI=1S/C17H21ClN4O2/c1-12(23)10-22(16(24)9-19-2)11-13-4-3-5-14(8-13)15-6-7-20-17(18)21-15/h3-8,12,19,23H,9-11H2,1-2H3. The number of amides is 1. The molecule has 24 heavy (non-hydrogen) atoms. The largest absolute Gasteiger partial charge is 0.392 e. The predicted octanol–water partition coefficient (Wildman–Crippen LogP) is 1.73. The SMILES string of the molecule is CNCC(=O)N(Cc1cccc(-c2ccnc(Cl)n2)c1)CC(C)O. The molecule has 0 radical (unpaired) electrons. The van der Waals surface area contributed by atoms with Crippen LogP contribution in [0.25, 0.3) is 11.3 Å². The van der Waals surface area contributed by atoms with Crippen LogP contribution in [0, 0.1) is 0 Å². The number of aliphatic hydroxyl groups is 1. The van der Waals surface area contributed by atoms with E-state index in [0.29, 0.717) is 6.54 Å². The molecule has 1 amide bonds. The Balaban J connectivity index is 2.21. The quantitative estimate of drug-likeness (QED) is 0.745. The number of rotatable bonds is 7. The van der Waals surface area contributed by atoms with Gasteiger partial charge in [0.15, 0.2) is 0 Å². The Kier molecular flexibility index (Phi) is 6.66. The minimum absolute atomic E-state index is 0.0612. The molecule has 0 bridgehead atoms. The topological polar surface area (TPSA) is 78.4 Å². The maximum absolute atomic E-state index is 12.2. The molecule has 1 aromatic carbocycles. The van der Waals surface area contributed by atoms with E-state index in [0.717, 1.165) is 16.8 Å². The number of carbonyl (C=O) groups excluding carboxylic acids is 1. The summed E-state index contributed by atoms with van der Waals surface area (Å²) in [7, 11) is 1.72. The Morgan fingerprint density at radius 3 is 2.88 bits per heavy atom. The van der Waals surface area contributed by atoms with Crippen LogP contribution in [0.1, 0.15) is 12.5 Å². The van der Waals surface area contributed by atoms with E-state index in [2.05, 4.69) is 15.3 Å². The predicted molar refractivity (Wildman–Crippen MR) is 93.5 cm³/mol. The third-order valence-corrected chi connectivity index (χ3v) is 3.57. The van der Waals surface area contributed by atoms with Crippen molar-refractivity contribution in [2.24, 2.45) is 0 Å². The summed E-state index contributed by atoms with van der Waals surface area (Å²) in [6.07, 6.45) is 1.02. The van der Waals surface area contributed by atoms with Crippen molar-refractivity contribution in [2.45, 2.75) is 19.6 Å². The number of benzene rings is 1. The number of aliphatic hydroxyl groups excluding tert-OH is 1. The Hall–Kier alpha value is -2.02. The average molecular weight is 349 g/mol. The van der Waals surface area contributed by atoms with Crippen molar-refractivity contribution in [2.75, 3.05) is 20.1 Å². The molecule has 128 valence electrons. The number of hydrogen-bond donors (Lipinski definition) is 2. The number of halogens is 1. The third-order valence-electron chi connectivity index (χ3n) is 3.39. The van der Waals surface area contributed by atoms with Crippen LogP contribution in [-0.2, 0) is 11.3 Å². The second-order valence-electron chi connectivity index (χ2n) is 5.56. The summed E-state index contributed by atoms with van der Waals surface area (Å²) in [5, 5.41) is 12.7. The summed E-state index contributed by atoms with van der Waals surface area (Å²) >= 11 is 5.84. The molecule has 1 aromatic heterocycles. The van der Waals surface area contributed by atoms with Crippen molar-refractivity contribution in [3.05, 3.63) is 47.4 Å². The van der Waals surface area contributed by atoms with E-state index in [1.807, 2.05) is 24.3 Å². The molecule has 1 atom stereocenters. The van der Waals surface area contributed by atoms with Crippen LogP contribution in [0.4, 0.5) is 0 Å². The van der Waals surface area contributed by atoms with Crippen LogP contribution in [0.15, 0.2) is 36.5 Å². The van der Waals surface area contributed by atoms with Gasteiger partial charge in [0.25, 0.3) is 0 Å². The van der Waals surface area contributed by atoms with Crippen molar-refractivity contribution in [3.8, 4) is 11.3 Å². The van der Waals surface area contributed by atoms with Gasteiger partial charge in [-0.1, -0.05) is 18.2 Å². The molecule has 1 heterocycles. The molecule has 0 fully saturated rings. The van der Waals surface area contributed by atoms with Crippen LogP contribution >= 0.6 is 11.6 Å². The maximum atomic E-state index is 12.2. The summed E-state index contributed by atoms with van der Waals surface area (Å²) in [6.45, 7) is 2.59. The molecule has 0 spiro atoms. The van der Waals surface area contributed by atoms with Crippen LogP contribution in [0.5, 0.6) is 0 Å². The van der Waals surface area contributed by atoms with Gasteiger partial charge in [0, 0.05) is 24.8 Å². The van der Waals surface area contributed by atoms with Crippen molar-refractivity contribution in [1.29, 1.82) is 0 Å². The lowest BCUT2D eigenvalue weighted by molar-refractivity contribution is -0.132. The van der Waals surface area contributed by atoms with Gasteiger partial charge in [0.1, 0.15) is 0 Å². The van der Waals surface area contributed by atoms with E-state index in [-0.39, 0.29) is 24.3 Å². The lowest BCUT2D eigenvalue weighted by Crippen LogP contribution is -2.40. The fourth-order valence-corrected chi connectivity index (χ4v) is 2.53. The molecule has 7 heteroatoms. The molecule has 0 aliphatic rings. The van der Waals surface area contributed by atoms with Gasteiger partial charge in [-0.3, -0.25) is 4.79 Å². The molecule has 0 aliphatic carbocycles. The first-order valence-electron chi connectivity index (χ1n) is 7.68. The maximum Gasteiger partial charge on any atom is 0.236 e. The van der Waals surface area contributed by atoms with Crippen LogP contribution < -0.4 is 5.32 Å². The van der Waals surface area contributed by atoms with Crippen molar-refractivity contribution >= 4 is 17.5 Å². The highest BCUT2D eigenvalue weighted by Crippen LogP contribution is 2.20. The summed E-state index contributed by atoms with van der Waals surface area (Å²) in [4.78, 5) is 21.9. The highest BCUT2D eigenvalue weighted by molar-refractivity contribution is 6.28. The smallest absolute Gasteiger partial charge is 0.236 e. The molecule has 2 rings (SSSR count). The second-order valence-corrected chi connectivity index (χ2v) is 5.90. The van der Waals surface area contributed by atoms with Gasteiger partial charge in [-0.25, -0.2) is 9.97 Å². The molecule has 0 saturated carbocycles. The first-order chi connectivity index (χ1) is 11.5. The number of hydrogen-bond acceptors (Lipinski definition) is 5. The van der Waals surface area contributed by atoms with Crippen LogP contribution in [0.3, 0.4) is 0 Å². The van der Waals surface area contributed by atoms with Gasteiger partial charge in [-0.15, -0.1) is 0 Å². The van der Waals surface area contributed by atoms with E-state index in [1.54, 1.807) is 31.1 Å². The number of nitrogens with one attached hydrogen (secondary N) is 1. The third kappa shape index (κ3) is 5.26. The Morgan fingerprint density at radius 1 is 1.42 bits per heavy atom. The van der Waals surface area contributed by atoms with Crippen molar-refractivity contribution in [3.63, 3.8) is 0 Å². The molecule has 6 nitrogen and oxygen atoms in total. The minimum atomic E-state index is -0.588. The number of carbonyl (C=O) groups is 1. The average Bonchev–Trinajstić information content (AvgIpc) is 2.54. The first-order valence-corrected chi connectivity index (χ1v) is 8.05. The highest BCUT2D eigenvalue weighted by atomic mass is 35.5. The summed E-state index contributed by atoms with van der Waals surface area (Å²) < 4.78 is 0. The van der Waals surface area contributed by atoms with Crippen molar-refractivity contribution < 1.29 is 9.90 Å². The zero-order valence-electron chi connectivity index (χ0n) is 13.7. The molecule has 2 aromatic rings. The van der Waals surface area contributed by atoms with Gasteiger partial charge in [0.05, 0.1) is 18.3 Å². The van der Waals surface area contributed by atoms with E-state index in [4.69, 9.17) is 11.6 Å². The summed E-state index contributed by atoms with van der Waals surface area (Å²) in [5.41, 5.74) is 2.57. The summed E-state index contributed by atoms with van der Waals surface area (Å²) in [6, 6.07) is 9.51. The van der Waals surface area contributed by atoms with E-state index in [9.17, 15) is 9.90 Å². The monoisotopic (exact) mass is 348 g/mol. The Bertz CT molecular complexity index is 694. The summed E-state index contributed by atoms with van der Waals surface area (Å²) in [5.74, 6) is -0.0612. The molecule has 0 aliphatic heterocycles. The van der Waals surface area contributed by atoms with Gasteiger partial charge in [-0.05, 0) is 43.3 Å². The zero-order valence-corrected chi connectivity index (χ0v) is 14.5. The van der Waals surface area contributed by atoms with Gasteiger partial charge < -0.3 is 15.3 Å². The van der Waals surface area contributed by atoms with Gasteiger partial charge in [0.2, 0.25) is 11.2 Å². The van der Waals surface area contributed by atoms with Gasteiger partial charge >= 0.3 is 0 Å². The first kappa shape index (κ1) is 18.3. The second kappa shape index (κ2) is 8.73. The lowest BCUT2D eigenvalue weighted by atomic mass is 10.1. The Morgan fingerprint density at radius 2 is 2.21 bits per heavy atom. The molecular weight excluding hydrogens is 328 g/mol. The van der Waals surface area contributed by atoms with E-state index >= 15 is 0 Å². The van der Waals surface area contributed by atoms with Gasteiger partial charge in [-0.2, -0.15) is 0 Å². The lowest BCUT2D eigenvalue weighted by Gasteiger charge is -2.24. The normalized spacial score (nSPS) is 12.0.